The Morgan fingerprint density at radius 3 is 2.78 bits per heavy atom. The number of carbonyl (C=O) groups is 1. The molecule has 1 aromatic heterocycles. The zero-order chi connectivity index (χ0) is 16.8. The predicted octanol–water partition coefficient (Wildman–Crippen LogP) is 2.61. The molecule has 124 valence electrons. The van der Waals surface area contributed by atoms with Gasteiger partial charge in [0.1, 0.15) is 17.8 Å². The molecule has 1 amide bonds. The molecule has 0 unspecified atom stereocenters. The molecule has 0 spiro atoms. The average Bonchev–Trinajstić information content (AvgIpc) is 3.01. The van der Waals surface area contributed by atoms with Crippen LogP contribution in [0.1, 0.15) is 19.9 Å². The van der Waals surface area contributed by atoms with Crippen LogP contribution in [0.3, 0.4) is 0 Å². The highest BCUT2D eigenvalue weighted by Crippen LogP contribution is 2.29. The van der Waals surface area contributed by atoms with Gasteiger partial charge < -0.3 is 19.4 Å². The molecule has 1 heterocycles. The highest BCUT2D eigenvalue weighted by atomic mass is 32.2. The number of aromatic nitrogens is 3. The van der Waals surface area contributed by atoms with Crippen molar-refractivity contribution in [1.29, 1.82) is 0 Å². The first-order valence-corrected chi connectivity index (χ1v) is 8.08. The van der Waals surface area contributed by atoms with Gasteiger partial charge in [-0.25, -0.2) is 0 Å². The van der Waals surface area contributed by atoms with Crippen molar-refractivity contribution >= 4 is 23.4 Å². The van der Waals surface area contributed by atoms with Gasteiger partial charge in [0.15, 0.2) is 5.16 Å². The summed E-state index contributed by atoms with van der Waals surface area (Å²) in [5, 5.41) is 11.4. The van der Waals surface area contributed by atoms with Crippen LogP contribution in [0, 0.1) is 0 Å². The van der Waals surface area contributed by atoms with Crippen molar-refractivity contribution in [2.24, 2.45) is 0 Å². The number of nitrogens with zero attached hydrogens (tertiary/aromatic N) is 3. The van der Waals surface area contributed by atoms with Crippen LogP contribution >= 0.6 is 11.8 Å². The standard InChI is InChI=1S/C15H20N4O3S/c1-10(2)19-9-16-18-15(19)23-8-14(20)17-12-7-11(21-3)5-6-13(12)22-4/h5-7,9-10H,8H2,1-4H3,(H,17,20). The van der Waals surface area contributed by atoms with E-state index in [4.69, 9.17) is 9.47 Å². The molecule has 1 N–H and O–H groups in total. The van der Waals surface area contributed by atoms with Gasteiger partial charge in [-0.15, -0.1) is 10.2 Å². The fraction of sp³-hybridized carbons (Fsp3) is 0.400. The Morgan fingerprint density at radius 1 is 1.35 bits per heavy atom. The van der Waals surface area contributed by atoms with E-state index in [0.29, 0.717) is 22.3 Å². The van der Waals surface area contributed by atoms with Crippen LogP contribution in [-0.4, -0.2) is 40.6 Å². The van der Waals surface area contributed by atoms with Gasteiger partial charge in [0, 0.05) is 12.1 Å². The second-order valence-electron chi connectivity index (χ2n) is 5.02. The van der Waals surface area contributed by atoms with E-state index >= 15 is 0 Å². The molecule has 0 saturated carbocycles. The Hall–Kier alpha value is -2.22. The van der Waals surface area contributed by atoms with Crippen LogP contribution < -0.4 is 14.8 Å². The predicted molar refractivity (Wildman–Crippen MR) is 89.3 cm³/mol. The molecule has 2 rings (SSSR count). The van der Waals surface area contributed by atoms with E-state index in [1.165, 1.54) is 11.8 Å². The second-order valence-corrected chi connectivity index (χ2v) is 5.96. The van der Waals surface area contributed by atoms with E-state index < -0.39 is 0 Å². The lowest BCUT2D eigenvalue weighted by atomic mass is 10.2. The minimum Gasteiger partial charge on any atom is -0.497 e. The number of thioether (sulfide) groups is 1. The topological polar surface area (TPSA) is 78.3 Å². The van der Waals surface area contributed by atoms with Crippen molar-refractivity contribution in [3.63, 3.8) is 0 Å². The molecule has 0 radical (unpaired) electrons. The lowest BCUT2D eigenvalue weighted by Crippen LogP contribution is -2.15. The summed E-state index contributed by atoms with van der Waals surface area (Å²) in [4.78, 5) is 12.2. The van der Waals surface area contributed by atoms with E-state index in [9.17, 15) is 4.79 Å². The summed E-state index contributed by atoms with van der Waals surface area (Å²) in [5.41, 5.74) is 0.572. The van der Waals surface area contributed by atoms with Crippen LogP contribution in [0.5, 0.6) is 11.5 Å². The average molecular weight is 336 g/mol. The number of anilines is 1. The summed E-state index contributed by atoms with van der Waals surface area (Å²) in [5.74, 6) is 1.30. The van der Waals surface area contributed by atoms with Crippen molar-refractivity contribution in [3.8, 4) is 11.5 Å². The molecule has 0 bridgehead atoms. The van der Waals surface area contributed by atoms with Gasteiger partial charge in [0.05, 0.1) is 25.7 Å². The largest absolute Gasteiger partial charge is 0.497 e. The van der Waals surface area contributed by atoms with Gasteiger partial charge in [-0.3, -0.25) is 4.79 Å². The first kappa shape index (κ1) is 17.1. The van der Waals surface area contributed by atoms with Gasteiger partial charge in [-0.05, 0) is 26.0 Å². The van der Waals surface area contributed by atoms with Gasteiger partial charge in [-0.2, -0.15) is 0 Å². The SMILES string of the molecule is COc1ccc(OC)c(NC(=O)CSc2nncn2C(C)C)c1. The van der Waals surface area contributed by atoms with Crippen molar-refractivity contribution in [2.45, 2.75) is 25.0 Å². The van der Waals surface area contributed by atoms with E-state index in [2.05, 4.69) is 15.5 Å². The zero-order valence-electron chi connectivity index (χ0n) is 13.6. The first-order chi connectivity index (χ1) is 11.0. The fourth-order valence-corrected chi connectivity index (χ4v) is 2.76. The molecular weight excluding hydrogens is 316 g/mol. The summed E-state index contributed by atoms with van der Waals surface area (Å²) in [6, 6.07) is 5.48. The minimum absolute atomic E-state index is 0.153. The van der Waals surface area contributed by atoms with Crippen LogP contribution in [0.15, 0.2) is 29.7 Å². The molecule has 2 aromatic rings. The van der Waals surface area contributed by atoms with Crippen molar-refractivity contribution < 1.29 is 14.3 Å². The van der Waals surface area contributed by atoms with E-state index in [0.717, 1.165) is 0 Å². The maximum atomic E-state index is 12.2. The number of rotatable bonds is 7. The van der Waals surface area contributed by atoms with Gasteiger partial charge in [0.2, 0.25) is 5.91 Å². The molecule has 0 fully saturated rings. The smallest absolute Gasteiger partial charge is 0.234 e. The van der Waals surface area contributed by atoms with Crippen molar-refractivity contribution in [2.75, 3.05) is 25.3 Å². The fourth-order valence-electron chi connectivity index (χ4n) is 1.92. The third-order valence-corrected chi connectivity index (χ3v) is 4.07. The summed E-state index contributed by atoms with van der Waals surface area (Å²) in [6.07, 6.45) is 1.66. The normalized spacial score (nSPS) is 10.7. The molecule has 1 aromatic carbocycles. The first-order valence-electron chi connectivity index (χ1n) is 7.09. The molecule has 7 nitrogen and oxygen atoms in total. The Kier molecular flexibility index (Phi) is 5.86. The number of amides is 1. The molecule has 0 aliphatic heterocycles. The summed E-state index contributed by atoms with van der Waals surface area (Å²) >= 11 is 1.34. The summed E-state index contributed by atoms with van der Waals surface area (Å²) in [6.45, 7) is 4.07. The Labute approximate surface area is 139 Å². The highest BCUT2D eigenvalue weighted by Gasteiger charge is 2.13. The number of hydrogen-bond donors (Lipinski definition) is 1. The molecule has 8 heteroatoms. The minimum atomic E-state index is -0.153. The molecular formula is C15H20N4O3S. The second kappa shape index (κ2) is 7.87. The summed E-state index contributed by atoms with van der Waals surface area (Å²) < 4.78 is 12.3. The number of ether oxygens (including phenoxy) is 2. The Morgan fingerprint density at radius 2 is 2.13 bits per heavy atom. The van der Waals surface area contributed by atoms with Gasteiger partial charge in [-0.1, -0.05) is 11.8 Å². The van der Waals surface area contributed by atoms with E-state index in [-0.39, 0.29) is 17.7 Å². The van der Waals surface area contributed by atoms with E-state index in [1.54, 1.807) is 38.7 Å². The molecule has 0 saturated heterocycles. The molecule has 23 heavy (non-hydrogen) atoms. The van der Waals surface area contributed by atoms with Crippen LogP contribution in [0.4, 0.5) is 5.69 Å². The number of benzene rings is 1. The Bertz CT molecular complexity index is 672. The number of carbonyl (C=O) groups excluding carboxylic acids is 1. The van der Waals surface area contributed by atoms with Crippen LogP contribution in [-0.2, 0) is 4.79 Å². The Balaban J connectivity index is 2.01. The maximum absolute atomic E-state index is 12.2. The van der Waals surface area contributed by atoms with E-state index in [1.807, 2.05) is 18.4 Å². The van der Waals surface area contributed by atoms with Gasteiger partial charge >= 0.3 is 0 Å². The number of hydrogen-bond acceptors (Lipinski definition) is 6. The molecule has 0 aliphatic rings. The molecule has 0 aliphatic carbocycles. The maximum Gasteiger partial charge on any atom is 0.234 e. The third-order valence-electron chi connectivity index (χ3n) is 3.11. The zero-order valence-corrected chi connectivity index (χ0v) is 14.4. The van der Waals surface area contributed by atoms with Gasteiger partial charge in [0.25, 0.3) is 0 Å². The summed E-state index contributed by atoms with van der Waals surface area (Å²) in [7, 11) is 3.12. The van der Waals surface area contributed by atoms with Crippen molar-refractivity contribution in [1.82, 2.24) is 14.8 Å². The lowest BCUT2D eigenvalue weighted by Gasteiger charge is -2.12. The van der Waals surface area contributed by atoms with Crippen LogP contribution in [0.2, 0.25) is 0 Å². The van der Waals surface area contributed by atoms with Crippen molar-refractivity contribution in [3.05, 3.63) is 24.5 Å². The molecule has 0 atom stereocenters. The number of methoxy groups -OCH3 is 2. The number of nitrogens with one attached hydrogen (secondary N) is 1. The monoisotopic (exact) mass is 336 g/mol. The quantitative estimate of drug-likeness (QED) is 0.783. The lowest BCUT2D eigenvalue weighted by molar-refractivity contribution is -0.113. The highest BCUT2D eigenvalue weighted by molar-refractivity contribution is 7.99. The van der Waals surface area contributed by atoms with Crippen LogP contribution in [0.25, 0.3) is 0 Å². The third kappa shape index (κ3) is 4.38.